The largest absolute Gasteiger partial charge is 0.472 e. The minimum absolute atomic E-state index is 0.690. The second-order valence-electron chi connectivity index (χ2n) is 3.69. The highest BCUT2D eigenvalue weighted by atomic mass is 16.3. The first kappa shape index (κ1) is 8.78. The van der Waals surface area contributed by atoms with Crippen LogP contribution in [0.4, 0.5) is 0 Å². The minimum atomic E-state index is 0.690. The lowest BCUT2D eigenvalue weighted by atomic mass is 10.2. The van der Waals surface area contributed by atoms with Gasteiger partial charge in [0.15, 0.2) is 0 Å². The van der Waals surface area contributed by atoms with Crippen molar-refractivity contribution in [3.63, 3.8) is 0 Å². The van der Waals surface area contributed by atoms with Gasteiger partial charge >= 0.3 is 0 Å². The van der Waals surface area contributed by atoms with Gasteiger partial charge in [-0.3, -0.25) is 4.90 Å². The average molecular weight is 180 g/mol. The fraction of sp³-hybridized carbons (Fsp3) is 0.600. The third kappa shape index (κ3) is 2.11. The summed E-state index contributed by atoms with van der Waals surface area (Å²) in [5.41, 5.74) is 1.26. The molecule has 1 aromatic heterocycles. The van der Waals surface area contributed by atoms with E-state index in [1.165, 1.54) is 12.0 Å². The van der Waals surface area contributed by atoms with Gasteiger partial charge in [0.2, 0.25) is 0 Å². The summed E-state index contributed by atoms with van der Waals surface area (Å²) in [6, 6.07) is 2.72. The van der Waals surface area contributed by atoms with Crippen LogP contribution in [0.3, 0.4) is 0 Å². The van der Waals surface area contributed by atoms with Crippen LogP contribution in [0.15, 0.2) is 23.0 Å². The number of nitrogens with zero attached hydrogens (tertiary/aromatic N) is 1. The van der Waals surface area contributed by atoms with E-state index < -0.39 is 0 Å². The predicted octanol–water partition coefficient (Wildman–Crippen LogP) is 1.07. The molecule has 0 radical (unpaired) electrons. The number of nitrogens with one attached hydrogen (secondary N) is 1. The molecule has 2 heterocycles. The fourth-order valence-electron chi connectivity index (χ4n) is 1.82. The van der Waals surface area contributed by atoms with Crippen molar-refractivity contribution in [2.45, 2.75) is 19.0 Å². The molecule has 1 aromatic rings. The van der Waals surface area contributed by atoms with Crippen molar-refractivity contribution in [2.75, 3.05) is 20.1 Å². The summed E-state index contributed by atoms with van der Waals surface area (Å²) < 4.78 is 5.04. The Kier molecular flexibility index (Phi) is 2.66. The Morgan fingerprint density at radius 3 is 3.23 bits per heavy atom. The smallest absolute Gasteiger partial charge is 0.0947 e. The lowest BCUT2D eigenvalue weighted by molar-refractivity contribution is 0.248. The Labute approximate surface area is 78.7 Å². The van der Waals surface area contributed by atoms with Crippen LogP contribution in [0.2, 0.25) is 0 Å². The first-order chi connectivity index (χ1) is 6.36. The van der Waals surface area contributed by atoms with Gasteiger partial charge < -0.3 is 9.73 Å². The molecule has 0 aromatic carbocycles. The van der Waals surface area contributed by atoms with Crippen LogP contribution < -0.4 is 5.32 Å². The Morgan fingerprint density at radius 2 is 2.62 bits per heavy atom. The van der Waals surface area contributed by atoms with Crippen LogP contribution in [-0.2, 0) is 6.54 Å². The van der Waals surface area contributed by atoms with Crippen molar-refractivity contribution >= 4 is 0 Å². The molecule has 1 N–H and O–H groups in total. The van der Waals surface area contributed by atoms with Crippen LogP contribution in [0.5, 0.6) is 0 Å². The summed E-state index contributed by atoms with van der Waals surface area (Å²) in [5, 5.41) is 3.37. The van der Waals surface area contributed by atoms with Gasteiger partial charge in [0.1, 0.15) is 0 Å². The molecule has 72 valence electrons. The molecule has 0 amide bonds. The molecule has 13 heavy (non-hydrogen) atoms. The van der Waals surface area contributed by atoms with E-state index >= 15 is 0 Å². The summed E-state index contributed by atoms with van der Waals surface area (Å²) in [4.78, 5) is 2.38. The molecule has 3 heteroatoms. The number of rotatable bonds is 3. The molecule has 2 rings (SSSR count). The normalized spacial score (nSPS) is 22.8. The Morgan fingerprint density at radius 1 is 1.69 bits per heavy atom. The number of hydrogen-bond acceptors (Lipinski definition) is 3. The van der Waals surface area contributed by atoms with E-state index in [0.717, 1.165) is 19.6 Å². The third-order valence-corrected chi connectivity index (χ3v) is 2.67. The first-order valence-electron chi connectivity index (χ1n) is 4.78. The molecule has 1 aliphatic heterocycles. The summed E-state index contributed by atoms with van der Waals surface area (Å²) in [6.45, 7) is 3.26. The highest BCUT2D eigenvalue weighted by molar-refractivity contribution is 5.05. The fourth-order valence-corrected chi connectivity index (χ4v) is 1.82. The van der Waals surface area contributed by atoms with E-state index in [2.05, 4.69) is 17.3 Å². The van der Waals surface area contributed by atoms with Crippen molar-refractivity contribution in [3.8, 4) is 0 Å². The average Bonchev–Trinajstić information content (AvgIpc) is 2.74. The summed E-state index contributed by atoms with van der Waals surface area (Å²) in [7, 11) is 2.17. The summed E-state index contributed by atoms with van der Waals surface area (Å²) in [5.74, 6) is 0. The van der Waals surface area contributed by atoms with Crippen molar-refractivity contribution in [1.82, 2.24) is 10.2 Å². The maximum absolute atomic E-state index is 5.04. The van der Waals surface area contributed by atoms with Gasteiger partial charge in [0.05, 0.1) is 12.5 Å². The van der Waals surface area contributed by atoms with E-state index in [9.17, 15) is 0 Å². The van der Waals surface area contributed by atoms with Gasteiger partial charge in [-0.1, -0.05) is 0 Å². The molecule has 0 aliphatic carbocycles. The molecule has 0 saturated carbocycles. The highest BCUT2D eigenvalue weighted by Crippen LogP contribution is 2.11. The van der Waals surface area contributed by atoms with Gasteiger partial charge in [0.25, 0.3) is 0 Å². The van der Waals surface area contributed by atoms with Gasteiger partial charge in [-0.05, 0) is 26.1 Å². The standard InChI is InChI=1S/C10H16N2O/c1-12(10-2-4-11-6-10)7-9-3-5-13-8-9/h3,5,8,10-11H,2,4,6-7H2,1H3. The Bertz CT molecular complexity index is 239. The maximum atomic E-state index is 5.04. The molecular formula is C10H16N2O. The molecule has 1 atom stereocenters. The molecule has 1 unspecified atom stereocenters. The monoisotopic (exact) mass is 180 g/mol. The van der Waals surface area contributed by atoms with Crippen LogP contribution in [0.25, 0.3) is 0 Å². The van der Waals surface area contributed by atoms with Crippen molar-refractivity contribution < 1.29 is 4.42 Å². The maximum Gasteiger partial charge on any atom is 0.0947 e. The second kappa shape index (κ2) is 3.94. The van der Waals surface area contributed by atoms with Crippen LogP contribution in [-0.4, -0.2) is 31.1 Å². The molecule has 1 fully saturated rings. The molecular weight excluding hydrogens is 164 g/mol. The van der Waals surface area contributed by atoms with Crippen molar-refractivity contribution in [3.05, 3.63) is 24.2 Å². The number of hydrogen-bond donors (Lipinski definition) is 1. The van der Waals surface area contributed by atoms with E-state index in [1.807, 2.05) is 12.3 Å². The SMILES string of the molecule is CN(Cc1ccoc1)C1CCNC1. The number of furan rings is 1. The van der Waals surface area contributed by atoms with E-state index in [0.29, 0.717) is 6.04 Å². The van der Waals surface area contributed by atoms with E-state index in [4.69, 9.17) is 4.42 Å². The lowest BCUT2D eigenvalue weighted by Gasteiger charge is -2.22. The van der Waals surface area contributed by atoms with Crippen LogP contribution in [0, 0.1) is 0 Å². The molecule has 0 bridgehead atoms. The zero-order valence-corrected chi connectivity index (χ0v) is 7.99. The molecule has 1 aliphatic rings. The minimum Gasteiger partial charge on any atom is -0.472 e. The quantitative estimate of drug-likeness (QED) is 0.754. The summed E-state index contributed by atoms with van der Waals surface area (Å²) >= 11 is 0. The van der Waals surface area contributed by atoms with E-state index in [1.54, 1.807) is 6.26 Å². The number of likely N-dealkylation sites (N-methyl/N-ethyl adjacent to an activating group) is 1. The topological polar surface area (TPSA) is 28.4 Å². The Hall–Kier alpha value is -0.800. The Balaban J connectivity index is 1.87. The van der Waals surface area contributed by atoms with Crippen molar-refractivity contribution in [2.24, 2.45) is 0 Å². The van der Waals surface area contributed by atoms with Crippen LogP contribution >= 0.6 is 0 Å². The van der Waals surface area contributed by atoms with Crippen LogP contribution in [0.1, 0.15) is 12.0 Å². The zero-order valence-electron chi connectivity index (χ0n) is 7.99. The van der Waals surface area contributed by atoms with Gasteiger partial charge in [0, 0.05) is 24.7 Å². The zero-order chi connectivity index (χ0) is 9.10. The van der Waals surface area contributed by atoms with E-state index in [-0.39, 0.29) is 0 Å². The lowest BCUT2D eigenvalue weighted by Crippen LogP contribution is -2.32. The molecule has 0 spiro atoms. The highest BCUT2D eigenvalue weighted by Gasteiger charge is 2.18. The first-order valence-corrected chi connectivity index (χ1v) is 4.78. The van der Waals surface area contributed by atoms with Gasteiger partial charge in [-0.25, -0.2) is 0 Å². The van der Waals surface area contributed by atoms with Gasteiger partial charge in [-0.15, -0.1) is 0 Å². The third-order valence-electron chi connectivity index (χ3n) is 2.67. The summed E-state index contributed by atoms with van der Waals surface area (Å²) in [6.07, 6.45) is 4.81. The van der Waals surface area contributed by atoms with Crippen molar-refractivity contribution in [1.29, 1.82) is 0 Å². The molecule has 1 saturated heterocycles. The second-order valence-corrected chi connectivity index (χ2v) is 3.69. The predicted molar refractivity (Wildman–Crippen MR) is 51.4 cm³/mol. The molecule has 3 nitrogen and oxygen atoms in total. The van der Waals surface area contributed by atoms with Gasteiger partial charge in [-0.2, -0.15) is 0 Å².